The van der Waals surface area contributed by atoms with E-state index in [1.807, 2.05) is 6.07 Å². The van der Waals surface area contributed by atoms with Crippen LogP contribution < -0.4 is 0 Å². The van der Waals surface area contributed by atoms with Gasteiger partial charge in [0.1, 0.15) is 0 Å². The summed E-state index contributed by atoms with van der Waals surface area (Å²) in [5.41, 5.74) is 1.37. The Morgan fingerprint density at radius 1 is 1.46 bits per heavy atom. The van der Waals surface area contributed by atoms with E-state index in [4.69, 9.17) is 10.4 Å². The van der Waals surface area contributed by atoms with E-state index in [1.165, 1.54) is 0 Å². The van der Waals surface area contributed by atoms with Crippen molar-refractivity contribution in [1.82, 2.24) is 4.98 Å². The average Bonchev–Trinajstić information content (AvgIpc) is 2.19. The van der Waals surface area contributed by atoms with Gasteiger partial charge in [-0.05, 0) is 12.1 Å². The molecule has 0 fully saturated rings. The molecule has 0 spiro atoms. The molecule has 0 saturated carbocycles. The number of hydrogen-bond donors (Lipinski definition) is 1. The van der Waals surface area contributed by atoms with Crippen molar-refractivity contribution in [3.05, 3.63) is 29.6 Å². The van der Waals surface area contributed by atoms with Gasteiger partial charge in [0.05, 0.1) is 24.8 Å². The highest BCUT2D eigenvalue weighted by molar-refractivity contribution is 5.32. The lowest BCUT2D eigenvalue weighted by molar-refractivity contribution is 0.277. The summed E-state index contributed by atoms with van der Waals surface area (Å²) in [5.74, 6) is 5.46. The molecule has 13 heavy (non-hydrogen) atoms. The van der Waals surface area contributed by atoms with Crippen LogP contribution in [-0.2, 0) is 6.61 Å². The first-order valence-electron chi connectivity index (χ1n) is 3.78. The molecule has 64 valence electrons. The summed E-state index contributed by atoms with van der Waals surface area (Å²) in [6.45, 7) is -0.0636. The van der Waals surface area contributed by atoms with E-state index < -0.39 is 0 Å². The molecule has 0 radical (unpaired) electrons. The van der Waals surface area contributed by atoms with Gasteiger partial charge < -0.3 is 5.11 Å². The standard InChI is InChI=1S/C10H8N2O/c11-6-2-1-3-9-4-5-10(8-13)12-7-9/h4-5,7,13H,2,8H2. The zero-order valence-corrected chi connectivity index (χ0v) is 6.99. The SMILES string of the molecule is N#CCC#Cc1ccc(CO)nc1. The Bertz CT molecular complexity index is 365. The average molecular weight is 172 g/mol. The largest absolute Gasteiger partial charge is 0.390 e. The van der Waals surface area contributed by atoms with Crippen LogP contribution in [0.15, 0.2) is 18.3 Å². The van der Waals surface area contributed by atoms with E-state index >= 15 is 0 Å². The Labute approximate surface area is 76.7 Å². The van der Waals surface area contributed by atoms with Gasteiger partial charge in [0.15, 0.2) is 0 Å². The lowest BCUT2D eigenvalue weighted by atomic mass is 10.2. The van der Waals surface area contributed by atoms with Gasteiger partial charge in [-0.3, -0.25) is 4.98 Å². The molecule has 1 N–H and O–H groups in total. The lowest BCUT2D eigenvalue weighted by Gasteiger charge is -1.93. The maximum Gasteiger partial charge on any atom is 0.0966 e. The molecule has 0 amide bonds. The van der Waals surface area contributed by atoms with Gasteiger partial charge in [0.25, 0.3) is 0 Å². The number of aromatic nitrogens is 1. The quantitative estimate of drug-likeness (QED) is 0.638. The van der Waals surface area contributed by atoms with E-state index in [1.54, 1.807) is 18.3 Å². The molecule has 0 atom stereocenters. The van der Waals surface area contributed by atoms with Crippen molar-refractivity contribution in [3.8, 4) is 17.9 Å². The smallest absolute Gasteiger partial charge is 0.0966 e. The zero-order valence-electron chi connectivity index (χ0n) is 6.99. The fourth-order valence-corrected chi connectivity index (χ4v) is 0.778. The number of nitrogens with zero attached hydrogens (tertiary/aromatic N) is 2. The molecule has 1 rings (SSSR count). The van der Waals surface area contributed by atoms with Crippen LogP contribution >= 0.6 is 0 Å². The highest BCUT2D eigenvalue weighted by Gasteiger charge is 1.90. The number of rotatable bonds is 1. The van der Waals surface area contributed by atoms with Crippen molar-refractivity contribution < 1.29 is 5.11 Å². The number of pyridine rings is 1. The first-order chi connectivity index (χ1) is 6.36. The molecule has 1 aromatic heterocycles. The second-order valence-corrected chi connectivity index (χ2v) is 2.33. The van der Waals surface area contributed by atoms with Crippen LogP contribution in [0.2, 0.25) is 0 Å². The van der Waals surface area contributed by atoms with E-state index in [9.17, 15) is 0 Å². The first-order valence-corrected chi connectivity index (χ1v) is 3.78. The predicted octanol–water partition coefficient (Wildman–Crippen LogP) is 0.839. The van der Waals surface area contributed by atoms with Crippen molar-refractivity contribution in [1.29, 1.82) is 5.26 Å². The molecule has 0 saturated heterocycles. The van der Waals surface area contributed by atoms with Gasteiger partial charge in [-0.15, -0.1) is 0 Å². The molecule has 0 unspecified atom stereocenters. The number of nitriles is 1. The molecule has 3 nitrogen and oxygen atoms in total. The first kappa shape index (κ1) is 9.25. The van der Waals surface area contributed by atoms with Crippen LogP contribution in [0.4, 0.5) is 0 Å². The maximum atomic E-state index is 8.70. The van der Waals surface area contributed by atoms with Crippen LogP contribution in [0.25, 0.3) is 0 Å². The third kappa shape index (κ3) is 2.94. The second kappa shape index (κ2) is 4.92. The Balaban J connectivity index is 2.72. The number of aliphatic hydroxyl groups excluding tert-OH is 1. The van der Waals surface area contributed by atoms with Crippen LogP contribution in [0.1, 0.15) is 17.7 Å². The predicted molar refractivity (Wildman–Crippen MR) is 47.3 cm³/mol. The minimum Gasteiger partial charge on any atom is -0.390 e. The van der Waals surface area contributed by atoms with Gasteiger partial charge in [0.2, 0.25) is 0 Å². The van der Waals surface area contributed by atoms with Crippen LogP contribution in [0.5, 0.6) is 0 Å². The maximum absolute atomic E-state index is 8.70. The molecule has 0 aromatic carbocycles. The minimum absolute atomic E-state index is 0.0636. The normalized spacial score (nSPS) is 8.31. The summed E-state index contributed by atoms with van der Waals surface area (Å²) < 4.78 is 0. The van der Waals surface area contributed by atoms with Crippen molar-refractivity contribution in [2.45, 2.75) is 13.0 Å². The summed E-state index contributed by atoms with van der Waals surface area (Å²) in [5, 5.41) is 16.9. The summed E-state index contributed by atoms with van der Waals surface area (Å²) in [6, 6.07) is 5.40. The van der Waals surface area contributed by atoms with E-state index in [2.05, 4.69) is 16.8 Å². The summed E-state index contributed by atoms with van der Waals surface area (Å²) in [6.07, 6.45) is 1.80. The van der Waals surface area contributed by atoms with E-state index in [-0.39, 0.29) is 13.0 Å². The van der Waals surface area contributed by atoms with Gasteiger partial charge in [-0.2, -0.15) is 5.26 Å². The number of hydrogen-bond acceptors (Lipinski definition) is 3. The topological polar surface area (TPSA) is 56.9 Å². The third-order valence-electron chi connectivity index (χ3n) is 1.39. The summed E-state index contributed by atoms with van der Waals surface area (Å²) in [4.78, 5) is 3.94. The third-order valence-corrected chi connectivity index (χ3v) is 1.39. The summed E-state index contributed by atoms with van der Waals surface area (Å²) in [7, 11) is 0. The van der Waals surface area contributed by atoms with Gasteiger partial charge in [-0.1, -0.05) is 11.8 Å². The molecular formula is C10H8N2O. The van der Waals surface area contributed by atoms with E-state index in [0.717, 1.165) is 5.56 Å². The van der Waals surface area contributed by atoms with Gasteiger partial charge >= 0.3 is 0 Å². The van der Waals surface area contributed by atoms with Crippen molar-refractivity contribution in [3.63, 3.8) is 0 Å². The molecule has 0 aliphatic heterocycles. The van der Waals surface area contributed by atoms with Crippen molar-refractivity contribution >= 4 is 0 Å². The van der Waals surface area contributed by atoms with Gasteiger partial charge in [0, 0.05) is 11.8 Å². The van der Waals surface area contributed by atoms with Crippen LogP contribution in [-0.4, -0.2) is 10.1 Å². The Morgan fingerprint density at radius 3 is 2.85 bits per heavy atom. The molecular weight excluding hydrogens is 164 g/mol. The molecule has 1 aromatic rings. The molecule has 0 aliphatic carbocycles. The Morgan fingerprint density at radius 2 is 2.31 bits per heavy atom. The number of aliphatic hydroxyl groups is 1. The fraction of sp³-hybridized carbons (Fsp3) is 0.200. The Kier molecular flexibility index (Phi) is 3.50. The van der Waals surface area contributed by atoms with Crippen LogP contribution in [0, 0.1) is 23.2 Å². The highest BCUT2D eigenvalue weighted by Crippen LogP contribution is 1.98. The van der Waals surface area contributed by atoms with Crippen LogP contribution in [0.3, 0.4) is 0 Å². The molecule has 0 aliphatic rings. The lowest BCUT2D eigenvalue weighted by Crippen LogP contribution is -1.88. The van der Waals surface area contributed by atoms with E-state index in [0.29, 0.717) is 5.69 Å². The van der Waals surface area contributed by atoms with Crippen molar-refractivity contribution in [2.24, 2.45) is 0 Å². The monoisotopic (exact) mass is 172 g/mol. The van der Waals surface area contributed by atoms with Crippen molar-refractivity contribution in [2.75, 3.05) is 0 Å². The molecule has 0 bridgehead atoms. The fourth-order valence-electron chi connectivity index (χ4n) is 0.778. The molecule has 3 heteroatoms. The summed E-state index contributed by atoms with van der Waals surface area (Å²) >= 11 is 0. The molecule has 1 heterocycles. The minimum atomic E-state index is -0.0636. The zero-order chi connectivity index (χ0) is 9.52. The second-order valence-electron chi connectivity index (χ2n) is 2.33. The Hall–Kier alpha value is -1.84. The van der Waals surface area contributed by atoms with Gasteiger partial charge in [-0.25, -0.2) is 0 Å². The highest BCUT2D eigenvalue weighted by atomic mass is 16.3.